The van der Waals surface area contributed by atoms with Gasteiger partial charge in [0.15, 0.2) is 10.7 Å². The maximum absolute atomic E-state index is 14.4. The second-order valence-electron chi connectivity index (χ2n) is 7.12. The minimum atomic E-state index is -2.65. The van der Waals surface area contributed by atoms with Gasteiger partial charge in [0.05, 0.1) is 11.4 Å². The number of hydrogen-bond acceptors (Lipinski definition) is 4. The van der Waals surface area contributed by atoms with Crippen molar-refractivity contribution in [3.05, 3.63) is 77.3 Å². The van der Waals surface area contributed by atoms with Crippen LogP contribution in [-0.4, -0.2) is 44.4 Å². The molecule has 8 heteroatoms. The highest BCUT2D eigenvalue weighted by Crippen LogP contribution is 2.30. The van der Waals surface area contributed by atoms with E-state index >= 15 is 0 Å². The van der Waals surface area contributed by atoms with Gasteiger partial charge in [-0.15, -0.1) is 0 Å². The van der Waals surface area contributed by atoms with E-state index in [4.69, 9.17) is 5.73 Å². The van der Waals surface area contributed by atoms with Crippen LogP contribution in [0.5, 0.6) is 0 Å². The number of fused-ring (bicyclic) bond motifs is 1. The zero-order chi connectivity index (χ0) is 21.8. The molecule has 30 heavy (non-hydrogen) atoms. The SMILES string of the molecule is CN(C)C(=O)c1c(Cc2ccc([SH](=O)=O)cc2)c2ccccc2n1C/C(F)=C/CN. The molecule has 0 radical (unpaired) electrons. The monoisotopic (exact) mass is 429 g/mol. The number of hydrogen-bond donors (Lipinski definition) is 2. The molecule has 0 saturated heterocycles. The van der Waals surface area contributed by atoms with Crippen LogP contribution >= 0.6 is 0 Å². The van der Waals surface area contributed by atoms with Crippen molar-refractivity contribution in [3.8, 4) is 0 Å². The van der Waals surface area contributed by atoms with Crippen molar-refractivity contribution in [2.75, 3.05) is 20.6 Å². The van der Waals surface area contributed by atoms with E-state index in [0.717, 1.165) is 22.0 Å². The molecule has 0 saturated carbocycles. The zero-order valence-electron chi connectivity index (χ0n) is 16.8. The number of allylic oxidation sites excluding steroid dienone is 1. The van der Waals surface area contributed by atoms with Crippen LogP contribution in [0.25, 0.3) is 10.9 Å². The van der Waals surface area contributed by atoms with Crippen LogP contribution in [0.2, 0.25) is 0 Å². The molecule has 158 valence electrons. The number of carbonyl (C=O) groups excluding carboxylic acids is 1. The van der Waals surface area contributed by atoms with Crippen LogP contribution in [0, 0.1) is 0 Å². The maximum Gasteiger partial charge on any atom is 0.270 e. The van der Waals surface area contributed by atoms with Crippen LogP contribution < -0.4 is 5.73 Å². The number of amides is 1. The Bertz CT molecular complexity index is 1170. The molecule has 6 nitrogen and oxygen atoms in total. The van der Waals surface area contributed by atoms with E-state index in [9.17, 15) is 17.6 Å². The van der Waals surface area contributed by atoms with E-state index in [1.807, 2.05) is 24.3 Å². The van der Waals surface area contributed by atoms with Crippen molar-refractivity contribution < 1.29 is 17.6 Å². The number of para-hydroxylation sites is 1. The first kappa shape index (κ1) is 21.7. The van der Waals surface area contributed by atoms with E-state index in [2.05, 4.69) is 0 Å². The lowest BCUT2D eigenvalue weighted by Gasteiger charge is -2.16. The van der Waals surface area contributed by atoms with Crippen molar-refractivity contribution in [1.29, 1.82) is 0 Å². The predicted molar refractivity (Wildman–Crippen MR) is 116 cm³/mol. The standard InChI is InChI=1S/C22H24FN3O3S/c1-25(2)22(27)21-19(13-15-7-9-17(10-8-15)30(28)29)18-5-3-4-6-20(18)26(21)14-16(23)11-12-24/h3-11,30H,12-14,24H2,1-2H3/b16-11-. The number of thiol groups is 1. The molecule has 0 spiro atoms. The first-order chi connectivity index (χ1) is 14.3. The van der Waals surface area contributed by atoms with Crippen LogP contribution in [0.4, 0.5) is 4.39 Å². The van der Waals surface area contributed by atoms with Crippen LogP contribution in [0.1, 0.15) is 21.6 Å². The third-order valence-corrected chi connectivity index (χ3v) is 5.58. The van der Waals surface area contributed by atoms with Crippen molar-refractivity contribution in [3.63, 3.8) is 0 Å². The molecular formula is C22H24FN3O3S. The van der Waals surface area contributed by atoms with Gasteiger partial charge in [-0.05, 0) is 35.4 Å². The van der Waals surface area contributed by atoms with Crippen molar-refractivity contribution in [2.24, 2.45) is 5.73 Å². The molecule has 0 fully saturated rings. The molecular weight excluding hydrogens is 405 g/mol. The Morgan fingerprint density at radius 3 is 2.40 bits per heavy atom. The second kappa shape index (κ2) is 9.23. The summed E-state index contributed by atoms with van der Waals surface area (Å²) in [7, 11) is 0.652. The Labute approximate surface area is 176 Å². The van der Waals surface area contributed by atoms with Gasteiger partial charge in [0.25, 0.3) is 5.91 Å². The van der Waals surface area contributed by atoms with E-state index in [-0.39, 0.29) is 23.9 Å². The number of aromatic nitrogens is 1. The molecule has 1 aromatic heterocycles. The van der Waals surface area contributed by atoms with Gasteiger partial charge in [-0.25, -0.2) is 12.8 Å². The maximum atomic E-state index is 14.4. The van der Waals surface area contributed by atoms with Gasteiger partial charge in [0.1, 0.15) is 11.5 Å². The molecule has 0 aliphatic rings. The summed E-state index contributed by atoms with van der Waals surface area (Å²) in [6.45, 7) is -0.0224. The van der Waals surface area contributed by atoms with Crippen LogP contribution in [0.15, 0.2) is 65.3 Å². The molecule has 2 N–H and O–H groups in total. The van der Waals surface area contributed by atoms with Gasteiger partial charge >= 0.3 is 0 Å². The first-order valence-electron chi connectivity index (χ1n) is 9.43. The minimum absolute atomic E-state index is 0.0726. The Morgan fingerprint density at radius 1 is 1.13 bits per heavy atom. The number of benzene rings is 2. The van der Waals surface area contributed by atoms with Gasteiger partial charge in [-0.1, -0.05) is 30.3 Å². The lowest BCUT2D eigenvalue weighted by atomic mass is 10.0. The molecule has 3 aromatic rings. The molecule has 1 heterocycles. The molecule has 3 rings (SSSR count). The van der Waals surface area contributed by atoms with Crippen molar-refractivity contribution in [1.82, 2.24) is 9.47 Å². The van der Waals surface area contributed by atoms with E-state index in [1.165, 1.54) is 23.1 Å². The molecule has 0 bridgehead atoms. The van der Waals surface area contributed by atoms with E-state index in [0.29, 0.717) is 12.1 Å². The lowest BCUT2D eigenvalue weighted by Crippen LogP contribution is -2.26. The topological polar surface area (TPSA) is 85.4 Å². The summed E-state index contributed by atoms with van der Waals surface area (Å²) in [6, 6.07) is 14.0. The summed E-state index contributed by atoms with van der Waals surface area (Å²) in [4.78, 5) is 14.8. The zero-order valence-corrected chi connectivity index (χ0v) is 17.7. The average molecular weight is 430 g/mol. The first-order valence-corrected chi connectivity index (χ1v) is 10.6. The third kappa shape index (κ3) is 4.44. The largest absolute Gasteiger partial charge is 0.343 e. The summed E-state index contributed by atoms with van der Waals surface area (Å²) < 4.78 is 38.4. The Kier molecular flexibility index (Phi) is 6.69. The van der Waals surface area contributed by atoms with Gasteiger partial charge in [0, 0.05) is 38.0 Å². The molecule has 0 aliphatic carbocycles. The van der Waals surface area contributed by atoms with Gasteiger partial charge in [0.2, 0.25) is 0 Å². The number of halogens is 1. The second-order valence-corrected chi connectivity index (χ2v) is 8.15. The minimum Gasteiger partial charge on any atom is -0.343 e. The summed E-state index contributed by atoms with van der Waals surface area (Å²) in [5, 5.41) is 0.849. The quantitative estimate of drug-likeness (QED) is 0.566. The third-order valence-electron chi connectivity index (χ3n) is 4.86. The summed E-state index contributed by atoms with van der Waals surface area (Å²) in [5.74, 6) is -0.651. The predicted octanol–water partition coefficient (Wildman–Crippen LogP) is 2.72. The van der Waals surface area contributed by atoms with Crippen LogP contribution in [0.3, 0.4) is 0 Å². The molecule has 1 amide bonds. The highest BCUT2D eigenvalue weighted by atomic mass is 32.2. The van der Waals surface area contributed by atoms with Gasteiger partial charge < -0.3 is 15.2 Å². The summed E-state index contributed by atoms with van der Waals surface area (Å²) in [6.07, 6.45) is 1.70. The highest BCUT2D eigenvalue weighted by molar-refractivity contribution is 7.72. The summed E-state index contributed by atoms with van der Waals surface area (Å²) in [5.41, 5.74) is 8.21. The number of nitrogens with zero attached hydrogens (tertiary/aromatic N) is 2. The van der Waals surface area contributed by atoms with Gasteiger partial charge in [-0.3, -0.25) is 4.79 Å². The molecule has 2 aromatic carbocycles. The fourth-order valence-corrected chi connectivity index (χ4v) is 3.85. The fourth-order valence-electron chi connectivity index (χ4n) is 3.46. The number of nitrogens with two attached hydrogens (primary N) is 1. The Morgan fingerprint density at radius 2 is 1.80 bits per heavy atom. The van der Waals surface area contributed by atoms with E-state index < -0.39 is 16.5 Å². The van der Waals surface area contributed by atoms with E-state index in [1.54, 1.807) is 30.8 Å². The normalized spacial score (nSPS) is 12.0. The Hall–Kier alpha value is -2.97. The van der Waals surface area contributed by atoms with Gasteiger partial charge in [-0.2, -0.15) is 0 Å². The fraction of sp³-hybridized carbons (Fsp3) is 0.227. The highest BCUT2D eigenvalue weighted by Gasteiger charge is 2.24. The average Bonchev–Trinajstić information content (AvgIpc) is 3.01. The number of rotatable bonds is 7. The number of carbonyl (C=O) groups is 1. The Balaban J connectivity index is 2.19. The van der Waals surface area contributed by atoms with Crippen molar-refractivity contribution >= 4 is 27.5 Å². The lowest BCUT2D eigenvalue weighted by molar-refractivity contribution is 0.0817. The molecule has 0 unspecified atom stereocenters. The summed E-state index contributed by atoms with van der Waals surface area (Å²) >= 11 is 0. The van der Waals surface area contributed by atoms with Crippen molar-refractivity contribution in [2.45, 2.75) is 17.9 Å². The molecule has 0 aliphatic heterocycles. The molecule has 0 atom stereocenters. The van der Waals surface area contributed by atoms with Crippen LogP contribution in [-0.2, 0) is 23.7 Å². The smallest absolute Gasteiger partial charge is 0.270 e.